The van der Waals surface area contributed by atoms with Gasteiger partial charge in [0.25, 0.3) is 0 Å². The number of ketones is 1. The summed E-state index contributed by atoms with van der Waals surface area (Å²) in [4.78, 5) is 23.2. The molecule has 0 spiro atoms. The van der Waals surface area contributed by atoms with Gasteiger partial charge in [0.15, 0.2) is 16.8 Å². The lowest BCUT2D eigenvalue weighted by molar-refractivity contribution is -0.142. The van der Waals surface area contributed by atoms with Crippen LogP contribution >= 0.6 is 23.4 Å². The summed E-state index contributed by atoms with van der Waals surface area (Å²) in [5.74, 6) is -1.11. The number of halogens is 2. The Bertz CT molecular complexity index is 1030. The number of rotatable bonds is 7. The van der Waals surface area contributed by atoms with Crippen LogP contribution in [0.5, 0.6) is 0 Å². The largest absolute Gasteiger partial charge is 0.469 e. The Balaban J connectivity index is 2.00. The van der Waals surface area contributed by atoms with Crippen molar-refractivity contribution in [2.24, 2.45) is 0 Å². The normalized spacial score (nSPS) is 10.7. The minimum absolute atomic E-state index is 0.0375. The fourth-order valence-corrected chi connectivity index (χ4v) is 3.48. The predicted molar refractivity (Wildman–Crippen MR) is 104 cm³/mol. The topological polar surface area (TPSA) is 74.1 Å². The average molecular weight is 420 g/mol. The maximum atomic E-state index is 14.5. The summed E-state index contributed by atoms with van der Waals surface area (Å²) in [6, 6.07) is 13.2. The Labute approximate surface area is 169 Å². The third kappa shape index (κ3) is 4.40. The van der Waals surface area contributed by atoms with Crippen molar-refractivity contribution in [3.8, 4) is 17.1 Å². The quantitative estimate of drug-likeness (QED) is 0.328. The number of thioether (sulfide) groups is 1. The van der Waals surface area contributed by atoms with E-state index in [1.165, 1.54) is 17.7 Å². The Hall–Kier alpha value is -2.71. The minimum Gasteiger partial charge on any atom is -0.469 e. The van der Waals surface area contributed by atoms with E-state index in [9.17, 15) is 14.0 Å². The van der Waals surface area contributed by atoms with Gasteiger partial charge in [0.2, 0.25) is 0 Å². The highest BCUT2D eigenvalue weighted by Crippen LogP contribution is 2.32. The lowest BCUT2D eigenvalue weighted by atomic mass is 10.2. The molecule has 0 saturated carbocycles. The zero-order valence-electron chi connectivity index (χ0n) is 14.8. The van der Waals surface area contributed by atoms with Crippen molar-refractivity contribution in [3.63, 3.8) is 0 Å². The number of methoxy groups -OCH3 is 1. The van der Waals surface area contributed by atoms with Crippen LogP contribution in [0.15, 0.2) is 53.7 Å². The molecule has 3 aromatic rings. The van der Waals surface area contributed by atoms with E-state index in [1.54, 1.807) is 42.5 Å². The summed E-state index contributed by atoms with van der Waals surface area (Å²) in [5.41, 5.74) is 0.804. The van der Waals surface area contributed by atoms with E-state index in [2.05, 4.69) is 14.9 Å². The van der Waals surface area contributed by atoms with Gasteiger partial charge in [-0.25, -0.2) is 4.39 Å². The highest BCUT2D eigenvalue weighted by atomic mass is 35.5. The van der Waals surface area contributed by atoms with Gasteiger partial charge < -0.3 is 4.74 Å². The third-order valence-electron chi connectivity index (χ3n) is 3.77. The molecule has 2 aromatic carbocycles. The number of Topliss-reactive ketones (excluding diaryl/α,β-unsaturated/α-hetero) is 1. The second-order valence-corrected chi connectivity index (χ2v) is 7.00. The fraction of sp³-hybridized carbons (Fsp3) is 0.158. The van der Waals surface area contributed by atoms with Crippen LogP contribution in [-0.2, 0) is 14.3 Å². The van der Waals surface area contributed by atoms with Crippen molar-refractivity contribution in [1.29, 1.82) is 0 Å². The number of carbonyl (C=O) groups is 2. The first-order valence-corrected chi connectivity index (χ1v) is 9.54. The van der Waals surface area contributed by atoms with Crippen molar-refractivity contribution in [3.05, 3.63) is 59.4 Å². The molecule has 0 radical (unpaired) electrons. The van der Waals surface area contributed by atoms with E-state index in [1.807, 2.05) is 0 Å². The highest BCUT2D eigenvalue weighted by molar-refractivity contribution is 7.99. The minimum atomic E-state index is -0.613. The molecule has 28 heavy (non-hydrogen) atoms. The average Bonchev–Trinajstić information content (AvgIpc) is 3.10. The number of para-hydroxylation sites is 1. The van der Waals surface area contributed by atoms with Gasteiger partial charge in [-0.15, -0.1) is 10.2 Å². The molecule has 0 bridgehead atoms. The number of aromatic nitrogens is 3. The summed E-state index contributed by atoms with van der Waals surface area (Å²) in [5, 5.41) is 9.00. The molecular formula is C19H15ClFN3O3S. The van der Waals surface area contributed by atoms with Crippen molar-refractivity contribution in [2.45, 2.75) is 11.6 Å². The van der Waals surface area contributed by atoms with Gasteiger partial charge in [-0.05, 0) is 24.3 Å². The van der Waals surface area contributed by atoms with Crippen LogP contribution in [0.3, 0.4) is 0 Å². The van der Waals surface area contributed by atoms with E-state index in [0.29, 0.717) is 21.6 Å². The molecule has 0 unspecified atom stereocenters. The van der Waals surface area contributed by atoms with Crippen LogP contribution in [0.25, 0.3) is 17.1 Å². The SMILES string of the molecule is COC(=O)CC(=O)CSc1nnc(-c2ccccc2Cl)n1-c1ccccc1F. The summed E-state index contributed by atoms with van der Waals surface area (Å²) >= 11 is 7.34. The van der Waals surface area contributed by atoms with Gasteiger partial charge in [-0.1, -0.05) is 47.6 Å². The molecule has 0 aliphatic heterocycles. The third-order valence-corrected chi connectivity index (χ3v) is 5.09. The number of hydrogen-bond acceptors (Lipinski definition) is 6. The van der Waals surface area contributed by atoms with Crippen molar-refractivity contribution in [1.82, 2.24) is 14.8 Å². The Morgan fingerprint density at radius 1 is 1.14 bits per heavy atom. The fourth-order valence-electron chi connectivity index (χ4n) is 2.46. The van der Waals surface area contributed by atoms with Gasteiger partial charge in [-0.2, -0.15) is 0 Å². The van der Waals surface area contributed by atoms with Gasteiger partial charge >= 0.3 is 5.97 Å². The van der Waals surface area contributed by atoms with Crippen molar-refractivity contribution < 1.29 is 18.7 Å². The van der Waals surface area contributed by atoms with Crippen LogP contribution in [0.4, 0.5) is 4.39 Å². The number of esters is 1. The Morgan fingerprint density at radius 3 is 2.57 bits per heavy atom. The lowest BCUT2D eigenvalue weighted by Crippen LogP contribution is -2.11. The predicted octanol–water partition coefficient (Wildman–Crippen LogP) is 3.95. The van der Waals surface area contributed by atoms with E-state index in [0.717, 1.165) is 11.8 Å². The van der Waals surface area contributed by atoms with E-state index >= 15 is 0 Å². The molecule has 0 aliphatic rings. The lowest BCUT2D eigenvalue weighted by Gasteiger charge is -2.11. The molecule has 0 fully saturated rings. The number of hydrogen-bond donors (Lipinski definition) is 0. The van der Waals surface area contributed by atoms with Gasteiger partial charge in [0, 0.05) is 5.56 Å². The van der Waals surface area contributed by atoms with Crippen LogP contribution in [0.1, 0.15) is 6.42 Å². The maximum absolute atomic E-state index is 14.5. The second-order valence-electron chi connectivity index (χ2n) is 5.65. The van der Waals surface area contributed by atoms with Gasteiger partial charge in [0.1, 0.15) is 12.2 Å². The maximum Gasteiger partial charge on any atom is 0.313 e. The van der Waals surface area contributed by atoms with Crippen LogP contribution in [-0.4, -0.2) is 39.4 Å². The van der Waals surface area contributed by atoms with E-state index in [-0.39, 0.29) is 23.6 Å². The van der Waals surface area contributed by atoms with E-state index in [4.69, 9.17) is 11.6 Å². The summed E-state index contributed by atoms with van der Waals surface area (Å²) < 4.78 is 20.5. The molecule has 144 valence electrons. The molecule has 0 atom stereocenters. The van der Waals surface area contributed by atoms with Crippen LogP contribution in [0.2, 0.25) is 5.02 Å². The first-order chi connectivity index (χ1) is 13.5. The van der Waals surface area contributed by atoms with E-state index < -0.39 is 11.8 Å². The molecule has 0 amide bonds. The molecule has 6 nitrogen and oxygen atoms in total. The molecule has 3 rings (SSSR count). The zero-order valence-corrected chi connectivity index (χ0v) is 16.3. The molecule has 9 heteroatoms. The second kappa shape index (κ2) is 8.99. The number of carbonyl (C=O) groups excluding carboxylic acids is 2. The molecular weight excluding hydrogens is 405 g/mol. The zero-order chi connectivity index (χ0) is 20.1. The van der Waals surface area contributed by atoms with Crippen molar-refractivity contribution in [2.75, 3.05) is 12.9 Å². The van der Waals surface area contributed by atoms with Gasteiger partial charge in [-0.3, -0.25) is 14.2 Å². The summed E-state index contributed by atoms with van der Waals surface area (Å²) in [6.07, 6.45) is -0.339. The Kier molecular flexibility index (Phi) is 6.43. The molecule has 1 heterocycles. The Morgan fingerprint density at radius 2 is 1.86 bits per heavy atom. The number of benzene rings is 2. The summed E-state index contributed by atoms with van der Waals surface area (Å²) in [7, 11) is 1.22. The standard InChI is InChI=1S/C19H15ClFN3O3S/c1-27-17(26)10-12(25)11-28-19-23-22-18(13-6-2-3-7-14(13)20)24(19)16-9-5-4-8-15(16)21/h2-9H,10-11H2,1H3. The van der Waals surface area contributed by atoms with Crippen LogP contribution < -0.4 is 0 Å². The molecule has 0 saturated heterocycles. The van der Waals surface area contributed by atoms with Crippen molar-refractivity contribution >= 4 is 35.1 Å². The van der Waals surface area contributed by atoms with Gasteiger partial charge in [0.05, 0.1) is 23.6 Å². The molecule has 1 aromatic heterocycles. The summed E-state index contributed by atoms with van der Waals surface area (Å²) in [6.45, 7) is 0. The highest BCUT2D eigenvalue weighted by Gasteiger charge is 2.21. The first kappa shape index (κ1) is 20.0. The monoisotopic (exact) mass is 419 g/mol. The number of ether oxygens (including phenoxy) is 1. The van der Waals surface area contributed by atoms with Crippen LogP contribution in [0, 0.1) is 5.82 Å². The smallest absolute Gasteiger partial charge is 0.313 e. The molecule has 0 aliphatic carbocycles. The molecule has 0 N–H and O–H groups in total. The first-order valence-electron chi connectivity index (χ1n) is 8.17. The number of nitrogens with zero attached hydrogens (tertiary/aromatic N) is 3.